The number of nitrogens with zero attached hydrogens (tertiary/aromatic N) is 2. The fraction of sp³-hybridized carbons (Fsp3) is 0.100. The van der Waals surface area contributed by atoms with Crippen molar-refractivity contribution < 1.29 is 4.79 Å². The lowest BCUT2D eigenvalue weighted by Gasteiger charge is -2.05. The Hall–Kier alpha value is -1.77. The molecule has 2 rings (SSSR count). The van der Waals surface area contributed by atoms with E-state index in [2.05, 4.69) is 0 Å². The van der Waals surface area contributed by atoms with Gasteiger partial charge in [0.2, 0.25) is 0 Å². The molecule has 0 N–H and O–H groups in total. The van der Waals surface area contributed by atoms with Gasteiger partial charge in [-0.2, -0.15) is 0 Å². The van der Waals surface area contributed by atoms with Crippen molar-refractivity contribution in [3.8, 4) is 0 Å². The van der Waals surface area contributed by atoms with E-state index in [0.717, 1.165) is 6.29 Å². The van der Waals surface area contributed by atoms with Gasteiger partial charge in [-0.1, -0.05) is 0 Å². The summed E-state index contributed by atoms with van der Waals surface area (Å²) in [4.78, 5) is 10.6. The molecule has 0 aromatic carbocycles. The summed E-state index contributed by atoms with van der Waals surface area (Å²) in [6.07, 6.45) is 6.69. The Morgan fingerprint density at radius 2 is 1.92 bits per heavy atom. The molecular weight excluding hydrogens is 164 g/mol. The highest BCUT2D eigenvalue weighted by Gasteiger charge is 1.97. The van der Waals surface area contributed by atoms with Crippen LogP contribution >= 0.6 is 0 Å². The molecule has 0 aliphatic carbocycles. The number of rotatable bonds is 3. The van der Waals surface area contributed by atoms with E-state index >= 15 is 0 Å². The van der Waals surface area contributed by atoms with Crippen LogP contribution < -0.4 is 0 Å². The molecule has 0 saturated carbocycles. The first-order valence-electron chi connectivity index (χ1n) is 4.11. The molecule has 0 fully saturated rings. The van der Waals surface area contributed by atoms with Crippen LogP contribution in [0.15, 0.2) is 42.9 Å². The molecule has 0 radical (unpaired) electrons. The smallest absolute Gasteiger partial charge is 0.166 e. The summed E-state index contributed by atoms with van der Waals surface area (Å²) < 4.78 is 3.90. The van der Waals surface area contributed by atoms with E-state index in [9.17, 15) is 4.79 Å². The van der Waals surface area contributed by atoms with Gasteiger partial charge in [0.1, 0.15) is 0 Å². The van der Waals surface area contributed by atoms with E-state index in [-0.39, 0.29) is 0 Å². The number of hydrogen-bond acceptors (Lipinski definition) is 1. The van der Waals surface area contributed by atoms with E-state index in [1.165, 1.54) is 0 Å². The van der Waals surface area contributed by atoms with Crippen LogP contribution in [0.4, 0.5) is 0 Å². The number of aldehydes is 1. The van der Waals surface area contributed by atoms with Crippen molar-refractivity contribution in [1.29, 1.82) is 0 Å². The summed E-state index contributed by atoms with van der Waals surface area (Å²) in [6, 6.07) is 7.60. The highest BCUT2D eigenvalue weighted by molar-refractivity contribution is 5.72. The maximum absolute atomic E-state index is 10.6. The standard InChI is InChI=1S/C10H10N2O/c13-8-10-4-3-7-12(10)9-11-5-1-2-6-11/h1-8H,9H2. The molecular formula is C10H10N2O. The monoisotopic (exact) mass is 174 g/mol. The largest absolute Gasteiger partial charge is 0.336 e. The predicted molar refractivity (Wildman–Crippen MR) is 49.6 cm³/mol. The zero-order valence-corrected chi connectivity index (χ0v) is 7.13. The van der Waals surface area contributed by atoms with Crippen LogP contribution in [0.25, 0.3) is 0 Å². The average molecular weight is 174 g/mol. The van der Waals surface area contributed by atoms with Crippen LogP contribution in [0.2, 0.25) is 0 Å². The molecule has 0 atom stereocenters. The lowest BCUT2D eigenvalue weighted by atomic mass is 10.5. The number of aromatic nitrogens is 2. The van der Waals surface area contributed by atoms with Crippen molar-refractivity contribution in [2.45, 2.75) is 6.67 Å². The topological polar surface area (TPSA) is 26.9 Å². The van der Waals surface area contributed by atoms with Crippen LogP contribution in [0, 0.1) is 0 Å². The Kier molecular flexibility index (Phi) is 2.00. The van der Waals surface area contributed by atoms with Crippen molar-refractivity contribution in [2.75, 3.05) is 0 Å². The zero-order valence-electron chi connectivity index (χ0n) is 7.13. The molecule has 2 aromatic heterocycles. The fourth-order valence-corrected chi connectivity index (χ4v) is 1.30. The first kappa shape index (κ1) is 7.86. The van der Waals surface area contributed by atoms with Gasteiger partial charge in [0, 0.05) is 18.6 Å². The molecule has 2 aromatic rings. The van der Waals surface area contributed by atoms with Crippen LogP contribution in [0.5, 0.6) is 0 Å². The van der Waals surface area contributed by atoms with Gasteiger partial charge >= 0.3 is 0 Å². The van der Waals surface area contributed by atoms with E-state index in [0.29, 0.717) is 12.4 Å². The highest BCUT2D eigenvalue weighted by Crippen LogP contribution is 2.00. The maximum Gasteiger partial charge on any atom is 0.166 e. The quantitative estimate of drug-likeness (QED) is 0.649. The molecule has 66 valence electrons. The number of carbonyl (C=O) groups is 1. The van der Waals surface area contributed by atoms with Gasteiger partial charge < -0.3 is 9.13 Å². The van der Waals surface area contributed by atoms with Gasteiger partial charge in [0.05, 0.1) is 12.4 Å². The zero-order chi connectivity index (χ0) is 9.10. The van der Waals surface area contributed by atoms with Gasteiger partial charge in [0.15, 0.2) is 6.29 Å². The Morgan fingerprint density at radius 1 is 1.15 bits per heavy atom. The second-order valence-corrected chi connectivity index (χ2v) is 2.86. The summed E-state index contributed by atoms with van der Waals surface area (Å²) in [5, 5.41) is 0. The summed E-state index contributed by atoms with van der Waals surface area (Å²) in [5.41, 5.74) is 0.703. The van der Waals surface area contributed by atoms with Gasteiger partial charge in [0.25, 0.3) is 0 Å². The highest BCUT2D eigenvalue weighted by atomic mass is 16.1. The van der Waals surface area contributed by atoms with E-state index < -0.39 is 0 Å². The van der Waals surface area contributed by atoms with Crippen molar-refractivity contribution in [3.05, 3.63) is 48.5 Å². The van der Waals surface area contributed by atoms with Crippen molar-refractivity contribution in [1.82, 2.24) is 9.13 Å². The molecule has 3 nitrogen and oxygen atoms in total. The molecule has 13 heavy (non-hydrogen) atoms. The third-order valence-electron chi connectivity index (χ3n) is 1.97. The molecule has 0 aliphatic heterocycles. The van der Waals surface area contributed by atoms with Crippen LogP contribution in [-0.4, -0.2) is 15.4 Å². The minimum Gasteiger partial charge on any atom is -0.336 e. The molecule has 0 spiro atoms. The number of hydrogen-bond donors (Lipinski definition) is 0. The molecule has 0 aliphatic rings. The first-order valence-corrected chi connectivity index (χ1v) is 4.11. The van der Waals surface area contributed by atoms with Crippen LogP contribution in [0.1, 0.15) is 10.5 Å². The van der Waals surface area contributed by atoms with E-state index in [1.807, 2.05) is 45.9 Å². The Morgan fingerprint density at radius 3 is 2.62 bits per heavy atom. The summed E-state index contributed by atoms with van der Waals surface area (Å²) >= 11 is 0. The van der Waals surface area contributed by atoms with Gasteiger partial charge in [-0.15, -0.1) is 0 Å². The van der Waals surface area contributed by atoms with Crippen molar-refractivity contribution in [3.63, 3.8) is 0 Å². The summed E-state index contributed by atoms with van der Waals surface area (Å²) in [7, 11) is 0. The van der Waals surface area contributed by atoms with Gasteiger partial charge in [-0.05, 0) is 24.3 Å². The SMILES string of the molecule is O=Cc1cccn1Cn1cccc1. The van der Waals surface area contributed by atoms with Gasteiger partial charge in [-0.25, -0.2) is 0 Å². The molecule has 0 amide bonds. The number of carbonyl (C=O) groups excluding carboxylic acids is 1. The molecule has 0 saturated heterocycles. The van der Waals surface area contributed by atoms with Crippen LogP contribution in [0.3, 0.4) is 0 Å². The van der Waals surface area contributed by atoms with E-state index in [1.54, 1.807) is 6.07 Å². The van der Waals surface area contributed by atoms with Crippen molar-refractivity contribution >= 4 is 6.29 Å². The minimum atomic E-state index is 0.689. The third kappa shape index (κ3) is 1.54. The molecule has 0 bridgehead atoms. The Balaban J connectivity index is 2.23. The van der Waals surface area contributed by atoms with E-state index in [4.69, 9.17) is 0 Å². The molecule has 2 heterocycles. The second kappa shape index (κ2) is 3.31. The second-order valence-electron chi connectivity index (χ2n) is 2.86. The Bertz CT molecular complexity index is 387. The molecule has 3 heteroatoms. The minimum absolute atomic E-state index is 0.689. The lowest BCUT2D eigenvalue weighted by molar-refractivity contribution is 0.111. The van der Waals surface area contributed by atoms with Gasteiger partial charge in [-0.3, -0.25) is 4.79 Å². The molecule has 0 unspecified atom stereocenters. The first-order chi connectivity index (χ1) is 6.40. The fourth-order valence-electron chi connectivity index (χ4n) is 1.30. The summed E-state index contributed by atoms with van der Waals surface area (Å²) in [5.74, 6) is 0. The third-order valence-corrected chi connectivity index (χ3v) is 1.97. The maximum atomic E-state index is 10.6. The predicted octanol–water partition coefficient (Wildman–Crippen LogP) is 1.61. The van der Waals surface area contributed by atoms with Crippen molar-refractivity contribution in [2.24, 2.45) is 0 Å². The Labute approximate surface area is 76.2 Å². The lowest BCUT2D eigenvalue weighted by Crippen LogP contribution is -2.07. The summed E-state index contributed by atoms with van der Waals surface area (Å²) in [6.45, 7) is 0.689. The van der Waals surface area contributed by atoms with Crippen LogP contribution in [-0.2, 0) is 6.67 Å². The average Bonchev–Trinajstić information content (AvgIpc) is 2.76. The normalized spacial score (nSPS) is 10.2.